The van der Waals surface area contributed by atoms with E-state index in [-0.39, 0.29) is 18.6 Å². The molecule has 0 aliphatic heterocycles. The maximum atomic E-state index is 10.8. The molecule has 0 fully saturated rings. The quantitative estimate of drug-likeness (QED) is 0.414. The van der Waals surface area contributed by atoms with Crippen LogP contribution in [0.15, 0.2) is 48.5 Å². The third-order valence-electron chi connectivity index (χ3n) is 4.87. The molecule has 164 valence electrons. The van der Waals surface area contributed by atoms with Crippen molar-refractivity contribution in [1.29, 1.82) is 0 Å². The molecule has 0 aliphatic carbocycles. The van der Waals surface area contributed by atoms with Crippen molar-refractivity contribution in [1.82, 2.24) is 0 Å². The van der Waals surface area contributed by atoms with Crippen LogP contribution in [-0.4, -0.2) is 42.9 Å². The first-order valence-corrected chi connectivity index (χ1v) is 10.6. The average molecular weight is 435 g/mol. The molecule has 5 nitrogen and oxygen atoms in total. The van der Waals surface area contributed by atoms with Crippen LogP contribution in [0.4, 0.5) is 0 Å². The zero-order valence-corrected chi connectivity index (χ0v) is 18.8. The van der Waals surface area contributed by atoms with E-state index >= 15 is 0 Å². The third kappa shape index (κ3) is 7.22. The summed E-state index contributed by atoms with van der Waals surface area (Å²) >= 11 is 5.82. The molecule has 6 heteroatoms. The second-order valence-electron chi connectivity index (χ2n) is 8.01. The minimum absolute atomic E-state index is 0.0554. The van der Waals surface area contributed by atoms with E-state index in [2.05, 4.69) is 32.9 Å². The first kappa shape index (κ1) is 24.0. The second-order valence-corrected chi connectivity index (χ2v) is 8.32. The van der Waals surface area contributed by atoms with E-state index in [0.29, 0.717) is 24.2 Å². The lowest BCUT2D eigenvalue weighted by Crippen LogP contribution is -2.24. The van der Waals surface area contributed by atoms with Crippen LogP contribution >= 0.6 is 11.6 Å². The van der Waals surface area contributed by atoms with E-state index in [0.717, 1.165) is 11.3 Å². The van der Waals surface area contributed by atoms with Gasteiger partial charge in [0, 0.05) is 24.1 Å². The molecule has 0 unspecified atom stereocenters. The molecule has 0 heterocycles. The van der Waals surface area contributed by atoms with Crippen LogP contribution in [0.25, 0.3) is 0 Å². The van der Waals surface area contributed by atoms with Gasteiger partial charge in [0.1, 0.15) is 30.8 Å². The summed E-state index contributed by atoms with van der Waals surface area (Å²) in [6.45, 7) is 8.26. The number of benzene rings is 2. The van der Waals surface area contributed by atoms with Crippen molar-refractivity contribution in [3.8, 4) is 11.5 Å². The largest absolute Gasteiger partial charge is 0.493 e. The Labute approximate surface area is 183 Å². The van der Waals surface area contributed by atoms with Gasteiger partial charge in [0.2, 0.25) is 0 Å². The number of ether oxygens (including phenoxy) is 3. The van der Waals surface area contributed by atoms with E-state index in [4.69, 9.17) is 25.8 Å². The molecule has 0 spiro atoms. The number of carbonyl (C=O) groups excluding carboxylic acids is 1. The van der Waals surface area contributed by atoms with Gasteiger partial charge in [0.15, 0.2) is 0 Å². The van der Waals surface area contributed by atoms with Crippen LogP contribution in [0.5, 0.6) is 11.5 Å². The number of hydrogen-bond acceptors (Lipinski definition) is 5. The number of esters is 1. The number of hydrogen-bond donors (Lipinski definition) is 1. The smallest absolute Gasteiger partial charge is 0.302 e. The van der Waals surface area contributed by atoms with E-state index in [1.54, 1.807) is 0 Å². The zero-order chi connectivity index (χ0) is 22.1. The minimum atomic E-state index is -0.863. The van der Waals surface area contributed by atoms with Crippen LogP contribution in [0.1, 0.15) is 38.8 Å². The van der Waals surface area contributed by atoms with Gasteiger partial charge in [-0.25, -0.2) is 0 Å². The Bertz CT molecular complexity index is 786. The summed E-state index contributed by atoms with van der Waals surface area (Å²) in [4.78, 5) is 10.8. The monoisotopic (exact) mass is 434 g/mol. The molecule has 0 saturated heterocycles. The molecule has 0 amide bonds. The highest BCUT2D eigenvalue weighted by atomic mass is 35.5. The lowest BCUT2D eigenvalue weighted by Gasteiger charge is -2.26. The molecule has 0 aliphatic rings. The van der Waals surface area contributed by atoms with Gasteiger partial charge in [-0.1, -0.05) is 45.0 Å². The molecule has 0 aromatic heterocycles. The average Bonchev–Trinajstić information content (AvgIpc) is 2.75. The van der Waals surface area contributed by atoms with Gasteiger partial charge in [0.25, 0.3) is 0 Å². The number of rotatable bonds is 11. The van der Waals surface area contributed by atoms with Crippen LogP contribution in [0, 0.1) is 5.92 Å². The fourth-order valence-corrected chi connectivity index (χ4v) is 2.93. The van der Waals surface area contributed by atoms with Gasteiger partial charge >= 0.3 is 5.97 Å². The third-order valence-corrected chi connectivity index (χ3v) is 5.40. The van der Waals surface area contributed by atoms with Gasteiger partial charge in [-0.2, -0.15) is 0 Å². The summed E-state index contributed by atoms with van der Waals surface area (Å²) in [7, 11) is 0. The molecular formula is C24H31ClO5. The van der Waals surface area contributed by atoms with Crippen molar-refractivity contribution in [2.45, 2.75) is 39.2 Å². The molecule has 0 radical (unpaired) electrons. The van der Waals surface area contributed by atoms with E-state index in [1.807, 2.05) is 36.4 Å². The van der Waals surface area contributed by atoms with Gasteiger partial charge in [-0.05, 0) is 35.4 Å². The van der Waals surface area contributed by atoms with Crippen molar-refractivity contribution < 1.29 is 24.1 Å². The van der Waals surface area contributed by atoms with Gasteiger partial charge in [0.05, 0.1) is 6.61 Å². The Hall–Kier alpha value is -2.24. The molecule has 2 aromatic carbocycles. The molecular weight excluding hydrogens is 404 g/mol. The Morgan fingerprint density at radius 2 is 1.40 bits per heavy atom. The molecule has 0 bridgehead atoms. The van der Waals surface area contributed by atoms with E-state index in [9.17, 15) is 9.90 Å². The summed E-state index contributed by atoms with van der Waals surface area (Å²) in [5.41, 5.74) is 2.11. The molecule has 0 saturated carbocycles. The van der Waals surface area contributed by atoms with E-state index < -0.39 is 12.1 Å². The second kappa shape index (κ2) is 11.2. The number of alkyl halides is 1. The van der Waals surface area contributed by atoms with Gasteiger partial charge < -0.3 is 19.3 Å². The maximum Gasteiger partial charge on any atom is 0.302 e. The van der Waals surface area contributed by atoms with Crippen molar-refractivity contribution in [2.24, 2.45) is 5.92 Å². The van der Waals surface area contributed by atoms with Crippen LogP contribution in [-0.2, 0) is 14.9 Å². The summed E-state index contributed by atoms with van der Waals surface area (Å²) in [5.74, 6) is 1.95. The standard InChI is InChI=1S/C24H31ClO5/c1-17(13-25)14-29-22-9-5-19(6-10-22)24(3,4)20-7-11-23(12-8-20)30-16-21(27)15-28-18(2)26/h5-12,17,21,27H,13-16H2,1-4H3/t17-,21-/m0/s1. The fourth-order valence-electron chi connectivity index (χ4n) is 2.84. The Morgan fingerprint density at radius 3 is 1.83 bits per heavy atom. The lowest BCUT2D eigenvalue weighted by molar-refractivity contribution is -0.144. The summed E-state index contributed by atoms with van der Waals surface area (Å²) in [6, 6.07) is 15.9. The number of carbonyl (C=O) groups is 1. The number of halogens is 1. The zero-order valence-electron chi connectivity index (χ0n) is 18.1. The first-order valence-electron chi connectivity index (χ1n) is 10.1. The summed E-state index contributed by atoms with van der Waals surface area (Å²) in [5, 5.41) is 9.78. The molecule has 2 rings (SSSR count). The topological polar surface area (TPSA) is 65.0 Å². The predicted molar refractivity (Wildman–Crippen MR) is 119 cm³/mol. The molecule has 30 heavy (non-hydrogen) atoms. The summed E-state index contributed by atoms with van der Waals surface area (Å²) < 4.78 is 16.1. The number of aliphatic hydroxyl groups is 1. The normalized spacial score (nSPS) is 13.4. The molecule has 2 atom stereocenters. The van der Waals surface area contributed by atoms with Crippen molar-refractivity contribution >= 4 is 17.6 Å². The molecule has 1 N–H and O–H groups in total. The molecule has 2 aromatic rings. The minimum Gasteiger partial charge on any atom is -0.493 e. The fraction of sp³-hybridized carbons (Fsp3) is 0.458. The Balaban J connectivity index is 1.96. The van der Waals surface area contributed by atoms with Crippen molar-refractivity contribution in [3.05, 3.63) is 59.7 Å². The van der Waals surface area contributed by atoms with Gasteiger partial charge in [-0.15, -0.1) is 11.6 Å². The van der Waals surface area contributed by atoms with Crippen molar-refractivity contribution in [3.63, 3.8) is 0 Å². The Morgan fingerprint density at radius 1 is 0.933 bits per heavy atom. The first-order chi connectivity index (χ1) is 14.2. The van der Waals surface area contributed by atoms with Crippen molar-refractivity contribution in [2.75, 3.05) is 25.7 Å². The van der Waals surface area contributed by atoms with Crippen LogP contribution in [0.2, 0.25) is 0 Å². The highest BCUT2D eigenvalue weighted by Gasteiger charge is 2.23. The lowest BCUT2D eigenvalue weighted by atomic mass is 9.78. The van der Waals surface area contributed by atoms with E-state index in [1.165, 1.54) is 12.5 Å². The van der Waals surface area contributed by atoms with Gasteiger partial charge in [-0.3, -0.25) is 4.79 Å². The predicted octanol–water partition coefficient (Wildman–Crippen LogP) is 4.57. The number of aliphatic hydroxyl groups excluding tert-OH is 1. The highest BCUT2D eigenvalue weighted by Crippen LogP contribution is 2.33. The van der Waals surface area contributed by atoms with Crippen LogP contribution < -0.4 is 9.47 Å². The SMILES string of the molecule is CC(=O)OC[C@H](O)COc1ccc(C(C)(C)c2ccc(OC[C@@H](C)CCl)cc2)cc1. The highest BCUT2D eigenvalue weighted by molar-refractivity contribution is 6.18. The Kier molecular flexibility index (Phi) is 9.00. The van der Waals surface area contributed by atoms with Crippen LogP contribution in [0.3, 0.4) is 0 Å². The maximum absolute atomic E-state index is 10.8. The summed E-state index contributed by atoms with van der Waals surface area (Å²) in [6.07, 6.45) is -0.863.